The minimum absolute atomic E-state index is 0.00261. The van der Waals surface area contributed by atoms with Crippen LogP contribution in [-0.4, -0.2) is 49.5 Å². The molecule has 6 nitrogen and oxygen atoms in total. The molecule has 0 bridgehead atoms. The fraction of sp³-hybridized carbons (Fsp3) is 0.733. The van der Waals surface area contributed by atoms with Crippen LogP contribution in [0.15, 0.2) is 6.07 Å². The summed E-state index contributed by atoms with van der Waals surface area (Å²) in [6, 6.07) is 1.90. The van der Waals surface area contributed by atoms with E-state index in [0.29, 0.717) is 18.2 Å². The van der Waals surface area contributed by atoms with Gasteiger partial charge < -0.3 is 10.2 Å². The van der Waals surface area contributed by atoms with E-state index < -0.39 is 9.84 Å². The molecule has 124 valence electrons. The molecule has 2 heterocycles. The first-order chi connectivity index (χ1) is 10.3. The van der Waals surface area contributed by atoms with Crippen molar-refractivity contribution in [2.24, 2.45) is 5.92 Å². The average molecular weight is 326 g/mol. The Kier molecular flexibility index (Phi) is 5.26. The maximum atomic E-state index is 11.6. The largest absolute Gasteiger partial charge is 0.370 e. The summed E-state index contributed by atoms with van der Waals surface area (Å²) >= 11 is 0. The van der Waals surface area contributed by atoms with Gasteiger partial charge in [0.2, 0.25) is 0 Å². The number of aryl methyl sites for hydroxylation is 1. The van der Waals surface area contributed by atoms with E-state index in [2.05, 4.69) is 29.1 Å². The first-order valence-electron chi connectivity index (χ1n) is 7.79. The molecule has 1 aromatic rings. The molecule has 0 radical (unpaired) electrons. The zero-order valence-corrected chi connectivity index (χ0v) is 14.7. The molecule has 0 aliphatic carbocycles. The van der Waals surface area contributed by atoms with E-state index >= 15 is 0 Å². The van der Waals surface area contributed by atoms with Gasteiger partial charge in [-0.3, -0.25) is 0 Å². The Morgan fingerprint density at radius 3 is 2.73 bits per heavy atom. The van der Waals surface area contributed by atoms with E-state index in [9.17, 15) is 8.42 Å². The summed E-state index contributed by atoms with van der Waals surface area (Å²) in [7, 11) is -0.985. The van der Waals surface area contributed by atoms with E-state index in [1.165, 1.54) is 0 Å². The topological polar surface area (TPSA) is 75.2 Å². The number of aromatic nitrogens is 2. The monoisotopic (exact) mass is 326 g/mol. The summed E-state index contributed by atoms with van der Waals surface area (Å²) in [4.78, 5) is 10.8. The van der Waals surface area contributed by atoms with Crippen molar-refractivity contribution in [1.29, 1.82) is 0 Å². The number of nitrogens with one attached hydrogen (secondary N) is 1. The maximum absolute atomic E-state index is 11.6. The second-order valence-corrected chi connectivity index (χ2v) is 8.66. The van der Waals surface area contributed by atoms with Gasteiger partial charge in [0, 0.05) is 25.7 Å². The highest BCUT2D eigenvalue weighted by Crippen LogP contribution is 2.23. The van der Waals surface area contributed by atoms with E-state index in [0.717, 1.165) is 24.6 Å². The summed E-state index contributed by atoms with van der Waals surface area (Å²) in [5, 5.41) is 3.32. The van der Waals surface area contributed by atoms with Crippen LogP contribution in [0, 0.1) is 12.8 Å². The third-order valence-corrected chi connectivity index (χ3v) is 5.72. The Hall–Kier alpha value is -1.37. The van der Waals surface area contributed by atoms with Gasteiger partial charge in [-0.05, 0) is 25.7 Å². The van der Waals surface area contributed by atoms with Gasteiger partial charge in [0.25, 0.3) is 0 Å². The molecule has 0 saturated carbocycles. The van der Waals surface area contributed by atoms with Crippen LogP contribution in [-0.2, 0) is 9.84 Å². The zero-order valence-electron chi connectivity index (χ0n) is 13.8. The minimum atomic E-state index is -2.89. The second-order valence-electron chi connectivity index (χ2n) is 6.44. The zero-order chi connectivity index (χ0) is 16.3. The quantitative estimate of drug-likeness (QED) is 0.860. The van der Waals surface area contributed by atoms with Gasteiger partial charge in [-0.25, -0.2) is 18.4 Å². The number of sulfone groups is 1. The molecule has 0 aromatic carbocycles. The predicted molar refractivity (Wildman–Crippen MR) is 90.2 cm³/mol. The van der Waals surface area contributed by atoms with Crippen LogP contribution in [0.4, 0.5) is 11.6 Å². The van der Waals surface area contributed by atoms with Crippen molar-refractivity contribution in [3.63, 3.8) is 0 Å². The third kappa shape index (κ3) is 4.56. The van der Waals surface area contributed by atoms with Crippen LogP contribution >= 0.6 is 0 Å². The van der Waals surface area contributed by atoms with Crippen molar-refractivity contribution in [2.75, 3.05) is 35.3 Å². The van der Waals surface area contributed by atoms with Gasteiger partial charge in [-0.2, -0.15) is 0 Å². The lowest BCUT2D eigenvalue weighted by Crippen LogP contribution is -2.33. The minimum Gasteiger partial charge on any atom is -0.370 e. The van der Waals surface area contributed by atoms with Crippen molar-refractivity contribution in [3.05, 3.63) is 11.9 Å². The molecule has 7 heteroatoms. The van der Waals surface area contributed by atoms with Gasteiger partial charge in [0.15, 0.2) is 9.84 Å². The van der Waals surface area contributed by atoms with Gasteiger partial charge in [0.1, 0.15) is 17.5 Å². The highest BCUT2D eigenvalue weighted by atomic mass is 32.2. The van der Waals surface area contributed by atoms with Gasteiger partial charge in [-0.1, -0.05) is 13.8 Å². The summed E-state index contributed by atoms with van der Waals surface area (Å²) in [6.07, 6.45) is 1.74. The standard InChI is InChI=1S/C15H26N4O2S/c1-11(2)5-7-16-14-9-15(18-12(3)17-14)19(4)13-6-8-22(20,21)10-13/h9,11,13H,5-8,10H2,1-4H3,(H,16,17,18). The smallest absolute Gasteiger partial charge is 0.152 e. The van der Waals surface area contributed by atoms with Crippen LogP contribution in [0.5, 0.6) is 0 Å². The molecule has 0 amide bonds. The van der Waals surface area contributed by atoms with Gasteiger partial charge >= 0.3 is 0 Å². The molecule has 1 aromatic heterocycles. The van der Waals surface area contributed by atoms with Gasteiger partial charge in [-0.15, -0.1) is 0 Å². The fourth-order valence-electron chi connectivity index (χ4n) is 2.58. The summed E-state index contributed by atoms with van der Waals surface area (Å²) in [5.41, 5.74) is 0. The highest BCUT2D eigenvalue weighted by Gasteiger charge is 2.31. The number of nitrogens with zero attached hydrogens (tertiary/aromatic N) is 3. The summed E-state index contributed by atoms with van der Waals surface area (Å²) in [5.74, 6) is 3.39. The fourth-order valence-corrected chi connectivity index (χ4v) is 4.35. The molecule has 1 saturated heterocycles. The maximum Gasteiger partial charge on any atom is 0.152 e. The molecule has 1 fully saturated rings. The van der Waals surface area contributed by atoms with Gasteiger partial charge in [0.05, 0.1) is 11.5 Å². The molecular weight excluding hydrogens is 300 g/mol. The van der Waals surface area contributed by atoms with Crippen molar-refractivity contribution in [1.82, 2.24) is 9.97 Å². The molecular formula is C15H26N4O2S. The summed E-state index contributed by atoms with van der Waals surface area (Å²) < 4.78 is 23.3. The van der Waals surface area contributed by atoms with E-state index in [1.807, 2.05) is 24.9 Å². The van der Waals surface area contributed by atoms with Crippen molar-refractivity contribution < 1.29 is 8.42 Å². The Morgan fingerprint density at radius 2 is 2.14 bits per heavy atom. The average Bonchev–Trinajstić information content (AvgIpc) is 2.77. The number of rotatable bonds is 6. The van der Waals surface area contributed by atoms with E-state index in [4.69, 9.17) is 0 Å². The Morgan fingerprint density at radius 1 is 1.41 bits per heavy atom. The number of hydrogen-bond acceptors (Lipinski definition) is 6. The Balaban J connectivity index is 2.08. The molecule has 1 atom stereocenters. The normalized spacial score (nSPS) is 20.3. The first-order valence-corrected chi connectivity index (χ1v) is 9.62. The van der Waals surface area contributed by atoms with Crippen LogP contribution in [0.2, 0.25) is 0 Å². The molecule has 1 N–H and O–H groups in total. The number of hydrogen-bond donors (Lipinski definition) is 1. The third-order valence-electron chi connectivity index (χ3n) is 3.97. The van der Waals surface area contributed by atoms with E-state index in [1.54, 1.807) is 0 Å². The number of anilines is 2. The highest BCUT2D eigenvalue weighted by molar-refractivity contribution is 7.91. The first kappa shape index (κ1) is 17.0. The summed E-state index contributed by atoms with van der Waals surface area (Å²) in [6.45, 7) is 7.10. The molecule has 0 spiro atoms. The van der Waals surface area contributed by atoms with Crippen LogP contribution in [0.3, 0.4) is 0 Å². The van der Waals surface area contributed by atoms with Crippen LogP contribution in [0.25, 0.3) is 0 Å². The SMILES string of the molecule is Cc1nc(NCCC(C)C)cc(N(C)C2CCS(=O)(=O)C2)n1. The lowest BCUT2D eigenvalue weighted by atomic mass is 10.1. The van der Waals surface area contributed by atoms with Crippen molar-refractivity contribution in [2.45, 2.75) is 39.7 Å². The predicted octanol–water partition coefficient (Wildman–Crippen LogP) is 1.87. The molecule has 22 heavy (non-hydrogen) atoms. The van der Waals surface area contributed by atoms with Crippen molar-refractivity contribution >= 4 is 21.5 Å². The molecule has 1 aliphatic heterocycles. The van der Waals surface area contributed by atoms with Crippen LogP contribution < -0.4 is 10.2 Å². The lowest BCUT2D eigenvalue weighted by molar-refractivity contribution is 0.600. The van der Waals surface area contributed by atoms with Crippen LogP contribution in [0.1, 0.15) is 32.5 Å². The molecule has 1 unspecified atom stereocenters. The van der Waals surface area contributed by atoms with E-state index in [-0.39, 0.29) is 17.5 Å². The molecule has 2 rings (SSSR count). The lowest BCUT2D eigenvalue weighted by Gasteiger charge is -2.25. The molecule has 1 aliphatic rings. The second kappa shape index (κ2) is 6.81. The Labute approximate surface area is 133 Å². The Bertz CT molecular complexity index is 616. The van der Waals surface area contributed by atoms with Crippen molar-refractivity contribution in [3.8, 4) is 0 Å².